The van der Waals surface area contributed by atoms with Crippen molar-refractivity contribution in [2.24, 2.45) is 0 Å². The second-order valence-corrected chi connectivity index (χ2v) is 7.68. The van der Waals surface area contributed by atoms with E-state index in [2.05, 4.69) is 39.2 Å². The highest BCUT2D eigenvalue weighted by atomic mass is 16.5. The van der Waals surface area contributed by atoms with Gasteiger partial charge in [-0.1, -0.05) is 29.4 Å². The van der Waals surface area contributed by atoms with Crippen LogP contribution in [0.25, 0.3) is 0 Å². The molecule has 1 aromatic carbocycles. The summed E-state index contributed by atoms with van der Waals surface area (Å²) in [6, 6.07) is 10.4. The second-order valence-electron chi connectivity index (χ2n) is 7.68. The minimum absolute atomic E-state index is 0.0619. The van der Waals surface area contributed by atoms with E-state index in [1.165, 1.54) is 24.0 Å². The van der Waals surface area contributed by atoms with Crippen LogP contribution in [-0.4, -0.2) is 65.5 Å². The number of aromatic nitrogens is 1. The van der Waals surface area contributed by atoms with Crippen LogP contribution in [0.2, 0.25) is 0 Å². The minimum Gasteiger partial charge on any atom is -0.359 e. The largest absolute Gasteiger partial charge is 0.359 e. The summed E-state index contributed by atoms with van der Waals surface area (Å²) in [6.07, 6.45) is 3.59. The predicted molar refractivity (Wildman–Crippen MR) is 103 cm³/mol. The first-order valence-corrected chi connectivity index (χ1v) is 9.91. The third-order valence-electron chi connectivity index (χ3n) is 5.66. The van der Waals surface area contributed by atoms with Crippen molar-refractivity contribution in [3.05, 3.63) is 52.9 Å². The predicted octanol–water partition coefficient (Wildman–Crippen LogP) is 2.40. The summed E-state index contributed by atoms with van der Waals surface area (Å²) in [5, 5.41) is 4.02. The Labute approximate surface area is 160 Å². The van der Waals surface area contributed by atoms with Gasteiger partial charge < -0.3 is 14.3 Å². The molecule has 1 aromatic heterocycles. The van der Waals surface area contributed by atoms with Gasteiger partial charge in [0.2, 0.25) is 0 Å². The van der Waals surface area contributed by atoms with Gasteiger partial charge in [0, 0.05) is 39.3 Å². The van der Waals surface area contributed by atoms with Crippen LogP contribution < -0.4 is 0 Å². The van der Waals surface area contributed by atoms with Crippen molar-refractivity contribution in [2.75, 3.05) is 39.8 Å². The Bertz CT molecular complexity index is 782. The molecule has 1 saturated heterocycles. The molecule has 0 atom stereocenters. The normalized spacial score (nSPS) is 17.8. The maximum Gasteiger partial charge on any atom is 0.275 e. The average Bonchev–Trinajstić information content (AvgIpc) is 3.37. The summed E-state index contributed by atoms with van der Waals surface area (Å²) >= 11 is 0. The van der Waals surface area contributed by atoms with E-state index in [-0.39, 0.29) is 5.91 Å². The molecule has 6 heteroatoms. The number of rotatable bonds is 6. The van der Waals surface area contributed by atoms with Gasteiger partial charge in [-0.25, -0.2) is 0 Å². The molecule has 2 aliphatic heterocycles. The maximum absolute atomic E-state index is 12.6. The van der Waals surface area contributed by atoms with Gasteiger partial charge in [-0.2, -0.15) is 0 Å². The SMILES string of the molecule is CN(CCN1CCCC1)C(=O)c1cc(CN2CCc3ccccc3C2)on1. The monoisotopic (exact) mass is 368 g/mol. The Balaban J connectivity index is 1.31. The molecule has 1 amide bonds. The van der Waals surface area contributed by atoms with Crippen LogP contribution in [0.1, 0.15) is 40.2 Å². The lowest BCUT2D eigenvalue weighted by atomic mass is 10.00. The van der Waals surface area contributed by atoms with Crippen LogP contribution >= 0.6 is 0 Å². The Morgan fingerprint density at radius 1 is 1.15 bits per heavy atom. The third kappa shape index (κ3) is 4.39. The molecule has 1 fully saturated rings. The first kappa shape index (κ1) is 18.2. The van der Waals surface area contributed by atoms with Crippen LogP contribution in [0.3, 0.4) is 0 Å². The molecule has 0 bridgehead atoms. The highest BCUT2D eigenvalue weighted by molar-refractivity contribution is 5.92. The van der Waals surface area contributed by atoms with E-state index < -0.39 is 0 Å². The number of carbonyl (C=O) groups is 1. The molecule has 2 aliphatic rings. The van der Waals surface area contributed by atoms with Gasteiger partial charge in [-0.15, -0.1) is 0 Å². The molecule has 0 N–H and O–H groups in total. The highest BCUT2D eigenvalue weighted by Gasteiger charge is 2.21. The minimum atomic E-state index is -0.0619. The second kappa shape index (κ2) is 8.23. The number of amides is 1. The molecular weight excluding hydrogens is 340 g/mol. The van der Waals surface area contributed by atoms with E-state index in [0.29, 0.717) is 12.2 Å². The Kier molecular flexibility index (Phi) is 5.55. The van der Waals surface area contributed by atoms with E-state index in [9.17, 15) is 4.79 Å². The lowest BCUT2D eigenvalue weighted by Gasteiger charge is -2.27. The van der Waals surface area contributed by atoms with Crippen molar-refractivity contribution in [2.45, 2.75) is 32.4 Å². The molecule has 0 aliphatic carbocycles. The summed E-state index contributed by atoms with van der Waals surface area (Å²) in [6.45, 7) is 6.55. The van der Waals surface area contributed by atoms with Gasteiger partial charge in [0.05, 0.1) is 6.54 Å². The van der Waals surface area contributed by atoms with Crippen molar-refractivity contribution in [3.8, 4) is 0 Å². The number of fused-ring (bicyclic) bond motifs is 1. The zero-order valence-corrected chi connectivity index (χ0v) is 16.1. The van der Waals surface area contributed by atoms with Gasteiger partial charge >= 0.3 is 0 Å². The van der Waals surface area contributed by atoms with Gasteiger partial charge in [0.15, 0.2) is 11.5 Å². The van der Waals surface area contributed by atoms with E-state index >= 15 is 0 Å². The quantitative estimate of drug-likeness (QED) is 0.784. The summed E-state index contributed by atoms with van der Waals surface area (Å²) in [5.41, 5.74) is 3.22. The number of likely N-dealkylation sites (tertiary alicyclic amines) is 1. The summed E-state index contributed by atoms with van der Waals surface area (Å²) in [5.74, 6) is 0.693. The molecule has 6 nitrogen and oxygen atoms in total. The molecular formula is C21H28N4O2. The summed E-state index contributed by atoms with van der Waals surface area (Å²) < 4.78 is 5.46. The molecule has 0 saturated carbocycles. The highest BCUT2D eigenvalue weighted by Crippen LogP contribution is 2.20. The van der Waals surface area contributed by atoms with Crippen LogP contribution in [-0.2, 0) is 19.5 Å². The lowest BCUT2D eigenvalue weighted by Crippen LogP contribution is -2.35. The molecule has 27 heavy (non-hydrogen) atoms. The summed E-state index contributed by atoms with van der Waals surface area (Å²) in [7, 11) is 1.84. The fraction of sp³-hybridized carbons (Fsp3) is 0.524. The molecule has 2 aromatic rings. The zero-order valence-electron chi connectivity index (χ0n) is 16.1. The van der Waals surface area contributed by atoms with Crippen molar-refractivity contribution in [3.63, 3.8) is 0 Å². The summed E-state index contributed by atoms with van der Waals surface area (Å²) in [4.78, 5) is 19.1. The van der Waals surface area contributed by atoms with E-state index in [1.807, 2.05) is 7.05 Å². The number of likely N-dealkylation sites (N-methyl/N-ethyl adjacent to an activating group) is 1. The van der Waals surface area contributed by atoms with E-state index in [4.69, 9.17) is 4.52 Å². The van der Waals surface area contributed by atoms with Crippen LogP contribution in [0.5, 0.6) is 0 Å². The Morgan fingerprint density at radius 2 is 1.93 bits per heavy atom. The number of carbonyl (C=O) groups excluding carboxylic acids is 1. The molecule has 0 radical (unpaired) electrons. The van der Waals surface area contributed by atoms with Gasteiger partial charge in [-0.05, 0) is 43.5 Å². The van der Waals surface area contributed by atoms with Crippen LogP contribution in [0.15, 0.2) is 34.9 Å². The number of hydrogen-bond acceptors (Lipinski definition) is 5. The Morgan fingerprint density at radius 3 is 2.74 bits per heavy atom. The number of benzene rings is 1. The van der Waals surface area contributed by atoms with E-state index in [0.717, 1.165) is 51.4 Å². The van der Waals surface area contributed by atoms with Crippen LogP contribution in [0, 0.1) is 0 Å². The lowest BCUT2D eigenvalue weighted by molar-refractivity contribution is 0.0772. The van der Waals surface area contributed by atoms with Crippen LogP contribution in [0.4, 0.5) is 0 Å². The number of hydrogen-bond donors (Lipinski definition) is 0. The van der Waals surface area contributed by atoms with Gasteiger partial charge in [0.1, 0.15) is 0 Å². The first-order valence-electron chi connectivity index (χ1n) is 9.91. The zero-order chi connectivity index (χ0) is 18.6. The first-order chi connectivity index (χ1) is 13.2. The molecule has 4 rings (SSSR count). The maximum atomic E-state index is 12.6. The van der Waals surface area contributed by atoms with Crippen molar-refractivity contribution < 1.29 is 9.32 Å². The van der Waals surface area contributed by atoms with Crippen molar-refractivity contribution >= 4 is 5.91 Å². The fourth-order valence-electron chi connectivity index (χ4n) is 3.99. The smallest absolute Gasteiger partial charge is 0.275 e. The van der Waals surface area contributed by atoms with Gasteiger partial charge in [-0.3, -0.25) is 9.69 Å². The number of nitrogens with zero attached hydrogens (tertiary/aromatic N) is 4. The molecule has 0 unspecified atom stereocenters. The van der Waals surface area contributed by atoms with E-state index in [1.54, 1.807) is 11.0 Å². The van der Waals surface area contributed by atoms with Crippen molar-refractivity contribution in [1.29, 1.82) is 0 Å². The van der Waals surface area contributed by atoms with Gasteiger partial charge in [0.25, 0.3) is 5.91 Å². The van der Waals surface area contributed by atoms with Crippen molar-refractivity contribution in [1.82, 2.24) is 19.9 Å². The fourth-order valence-corrected chi connectivity index (χ4v) is 3.99. The third-order valence-corrected chi connectivity index (χ3v) is 5.66. The topological polar surface area (TPSA) is 52.8 Å². The molecule has 0 spiro atoms. The average molecular weight is 368 g/mol. The Hall–Kier alpha value is -2.18. The molecule has 3 heterocycles. The molecule has 144 valence electrons. The standard InChI is InChI=1S/C21H28N4O2/c1-23(12-13-24-9-4-5-10-24)21(26)20-14-19(27-22-20)16-25-11-8-17-6-2-3-7-18(17)15-25/h2-3,6-7,14H,4-5,8-13,15-16H2,1H3.